The Balaban J connectivity index is 1.41. The summed E-state index contributed by atoms with van der Waals surface area (Å²) in [6.07, 6.45) is 0. The molecule has 0 saturated heterocycles. The van der Waals surface area contributed by atoms with E-state index in [4.69, 9.17) is 4.42 Å². The van der Waals surface area contributed by atoms with Crippen molar-refractivity contribution < 1.29 is 4.42 Å². The van der Waals surface area contributed by atoms with Crippen molar-refractivity contribution in [3.63, 3.8) is 0 Å². The van der Waals surface area contributed by atoms with Crippen molar-refractivity contribution in [1.29, 1.82) is 0 Å². The van der Waals surface area contributed by atoms with Crippen LogP contribution in [-0.2, 0) is 5.41 Å². The average molecular weight is 483 g/mol. The van der Waals surface area contributed by atoms with Gasteiger partial charge in [0.15, 0.2) is 0 Å². The van der Waals surface area contributed by atoms with E-state index in [0.29, 0.717) is 0 Å². The SMILES string of the molecule is c1ccc2c(c1)-c1ccccc1C21c2ccccc2-c2ccc(-c3cccc4oc5ccccc5c34)cc21. The third-order valence-electron chi connectivity index (χ3n) is 8.71. The number of fused-ring (bicyclic) bond motifs is 13. The standard InChI is InChI=1S/C37H22O/c1-5-15-30-25(10-1)26-11-2-6-16-31(26)37(30)32-17-7-3-12-27(32)28-21-20-23(22-33(28)37)24-14-9-19-35-36(24)29-13-4-8-18-34(29)38-35/h1-22H. The van der Waals surface area contributed by atoms with Crippen LogP contribution in [0.15, 0.2) is 138 Å². The summed E-state index contributed by atoms with van der Waals surface area (Å²) in [5.74, 6) is 0. The second-order valence-electron chi connectivity index (χ2n) is 10.4. The van der Waals surface area contributed by atoms with Crippen LogP contribution < -0.4 is 0 Å². The normalized spacial score (nSPS) is 14.0. The van der Waals surface area contributed by atoms with Gasteiger partial charge in [0, 0.05) is 10.8 Å². The molecule has 38 heavy (non-hydrogen) atoms. The van der Waals surface area contributed by atoms with Crippen LogP contribution in [0.3, 0.4) is 0 Å². The molecule has 0 saturated carbocycles. The summed E-state index contributed by atoms with van der Waals surface area (Å²) in [6, 6.07) is 48.8. The molecule has 1 nitrogen and oxygen atoms in total. The van der Waals surface area contributed by atoms with Gasteiger partial charge in [0.2, 0.25) is 0 Å². The highest BCUT2D eigenvalue weighted by Crippen LogP contribution is 2.63. The molecular weight excluding hydrogens is 460 g/mol. The third-order valence-corrected chi connectivity index (χ3v) is 8.71. The summed E-state index contributed by atoms with van der Waals surface area (Å²) in [6.45, 7) is 0. The molecule has 2 aliphatic carbocycles. The van der Waals surface area contributed by atoms with E-state index in [2.05, 4.69) is 127 Å². The third kappa shape index (κ3) is 2.33. The molecule has 1 heteroatoms. The van der Waals surface area contributed by atoms with Crippen molar-refractivity contribution in [3.8, 4) is 33.4 Å². The lowest BCUT2D eigenvalue weighted by Gasteiger charge is -2.30. The molecule has 1 heterocycles. The second kappa shape index (κ2) is 7.12. The zero-order chi connectivity index (χ0) is 24.8. The predicted octanol–water partition coefficient (Wildman–Crippen LogP) is 9.60. The summed E-state index contributed by atoms with van der Waals surface area (Å²) < 4.78 is 6.24. The molecule has 0 radical (unpaired) electrons. The first-order valence-electron chi connectivity index (χ1n) is 13.2. The number of para-hydroxylation sites is 1. The van der Waals surface area contributed by atoms with E-state index in [1.54, 1.807) is 0 Å². The highest BCUT2D eigenvalue weighted by atomic mass is 16.3. The van der Waals surface area contributed by atoms with Gasteiger partial charge in [0.05, 0.1) is 5.41 Å². The van der Waals surface area contributed by atoms with E-state index >= 15 is 0 Å². The number of hydrogen-bond acceptors (Lipinski definition) is 1. The Morgan fingerprint density at radius 1 is 0.395 bits per heavy atom. The Morgan fingerprint density at radius 2 is 0.921 bits per heavy atom. The molecular formula is C37H22O. The summed E-state index contributed by atoms with van der Waals surface area (Å²) >= 11 is 0. The Labute approximate surface area is 220 Å². The molecule has 0 N–H and O–H groups in total. The summed E-state index contributed by atoms with van der Waals surface area (Å²) in [5.41, 5.74) is 14.7. The zero-order valence-corrected chi connectivity index (χ0v) is 20.6. The molecule has 1 aromatic heterocycles. The van der Waals surface area contributed by atoms with Crippen LogP contribution in [0.4, 0.5) is 0 Å². The predicted molar refractivity (Wildman–Crippen MR) is 155 cm³/mol. The molecule has 0 fully saturated rings. The van der Waals surface area contributed by atoms with Crippen molar-refractivity contribution in [2.24, 2.45) is 0 Å². The fraction of sp³-hybridized carbons (Fsp3) is 0.0270. The molecule has 0 bridgehead atoms. The lowest BCUT2D eigenvalue weighted by atomic mass is 9.70. The summed E-state index contributed by atoms with van der Waals surface area (Å²) in [5, 5.41) is 2.34. The average Bonchev–Trinajstić information content (AvgIpc) is 3.61. The van der Waals surface area contributed by atoms with Crippen molar-refractivity contribution in [2.45, 2.75) is 5.41 Å². The monoisotopic (exact) mass is 482 g/mol. The van der Waals surface area contributed by atoms with Crippen molar-refractivity contribution in [2.75, 3.05) is 0 Å². The van der Waals surface area contributed by atoms with Gasteiger partial charge in [-0.25, -0.2) is 0 Å². The highest BCUT2D eigenvalue weighted by molar-refractivity contribution is 6.12. The molecule has 0 aliphatic heterocycles. The Bertz CT molecular complexity index is 2030. The van der Waals surface area contributed by atoms with Crippen LogP contribution in [0.5, 0.6) is 0 Å². The zero-order valence-electron chi connectivity index (χ0n) is 20.6. The second-order valence-corrected chi connectivity index (χ2v) is 10.4. The maximum absolute atomic E-state index is 6.24. The number of benzene rings is 6. The minimum Gasteiger partial charge on any atom is -0.456 e. The fourth-order valence-electron chi connectivity index (χ4n) is 7.28. The van der Waals surface area contributed by atoms with Gasteiger partial charge in [0.1, 0.15) is 11.2 Å². The smallest absolute Gasteiger partial charge is 0.136 e. The first-order chi connectivity index (χ1) is 18.9. The molecule has 9 rings (SSSR count). The topological polar surface area (TPSA) is 13.1 Å². The maximum atomic E-state index is 6.24. The van der Waals surface area contributed by atoms with Crippen LogP contribution in [0, 0.1) is 0 Å². The molecule has 7 aromatic rings. The van der Waals surface area contributed by atoms with Gasteiger partial charge in [-0.1, -0.05) is 115 Å². The van der Waals surface area contributed by atoms with E-state index < -0.39 is 0 Å². The number of furan rings is 1. The van der Waals surface area contributed by atoms with Gasteiger partial charge in [-0.3, -0.25) is 0 Å². The minimum atomic E-state index is -0.332. The Hall–Kier alpha value is -4.88. The molecule has 2 aliphatic rings. The van der Waals surface area contributed by atoms with Gasteiger partial charge < -0.3 is 4.42 Å². The van der Waals surface area contributed by atoms with Crippen LogP contribution >= 0.6 is 0 Å². The van der Waals surface area contributed by atoms with Crippen molar-refractivity contribution in [1.82, 2.24) is 0 Å². The van der Waals surface area contributed by atoms with E-state index in [0.717, 1.165) is 16.6 Å². The molecule has 176 valence electrons. The molecule has 0 atom stereocenters. The Morgan fingerprint density at radius 3 is 1.61 bits per heavy atom. The van der Waals surface area contributed by atoms with Gasteiger partial charge in [-0.15, -0.1) is 0 Å². The molecule has 6 aromatic carbocycles. The maximum Gasteiger partial charge on any atom is 0.136 e. The lowest BCUT2D eigenvalue weighted by molar-refractivity contribution is 0.669. The molecule has 0 amide bonds. The fourth-order valence-corrected chi connectivity index (χ4v) is 7.28. The van der Waals surface area contributed by atoms with Crippen LogP contribution in [0.2, 0.25) is 0 Å². The molecule has 1 spiro atoms. The van der Waals surface area contributed by atoms with Crippen LogP contribution in [-0.4, -0.2) is 0 Å². The largest absolute Gasteiger partial charge is 0.456 e. The van der Waals surface area contributed by atoms with E-state index in [1.165, 1.54) is 61.0 Å². The summed E-state index contributed by atoms with van der Waals surface area (Å²) in [4.78, 5) is 0. The summed E-state index contributed by atoms with van der Waals surface area (Å²) in [7, 11) is 0. The van der Waals surface area contributed by atoms with Crippen LogP contribution in [0.25, 0.3) is 55.3 Å². The molecule has 0 unspecified atom stereocenters. The van der Waals surface area contributed by atoms with Gasteiger partial charge in [-0.2, -0.15) is 0 Å². The van der Waals surface area contributed by atoms with Gasteiger partial charge >= 0.3 is 0 Å². The lowest BCUT2D eigenvalue weighted by Crippen LogP contribution is -2.25. The highest BCUT2D eigenvalue weighted by Gasteiger charge is 2.51. The first-order valence-corrected chi connectivity index (χ1v) is 13.2. The van der Waals surface area contributed by atoms with Gasteiger partial charge in [0.25, 0.3) is 0 Å². The Kier molecular flexibility index (Phi) is 3.78. The number of hydrogen-bond donors (Lipinski definition) is 0. The van der Waals surface area contributed by atoms with Crippen LogP contribution in [0.1, 0.15) is 22.3 Å². The van der Waals surface area contributed by atoms with Crippen molar-refractivity contribution in [3.05, 3.63) is 156 Å². The van der Waals surface area contributed by atoms with Gasteiger partial charge in [-0.05, 0) is 73.8 Å². The quantitative estimate of drug-likeness (QED) is 0.227. The van der Waals surface area contributed by atoms with E-state index in [1.807, 2.05) is 6.07 Å². The van der Waals surface area contributed by atoms with Crippen molar-refractivity contribution >= 4 is 21.9 Å². The first kappa shape index (κ1) is 20.2. The van der Waals surface area contributed by atoms with E-state index in [-0.39, 0.29) is 5.41 Å². The number of rotatable bonds is 1. The van der Waals surface area contributed by atoms with E-state index in [9.17, 15) is 0 Å². The minimum absolute atomic E-state index is 0.332.